The third kappa shape index (κ3) is 3.30. The summed E-state index contributed by atoms with van der Waals surface area (Å²) in [6.45, 7) is 2.22. The SMILES string of the molecule is COC(=O)c1cccc(CC2CCNCC2)c1. The van der Waals surface area contributed by atoms with Gasteiger partial charge >= 0.3 is 5.97 Å². The Morgan fingerprint density at radius 1 is 1.41 bits per heavy atom. The first kappa shape index (κ1) is 12.1. The van der Waals surface area contributed by atoms with Gasteiger partial charge in [0, 0.05) is 0 Å². The van der Waals surface area contributed by atoms with Crippen LogP contribution in [0.4, 0.5) is 0 Å². The Labute approximate surface area is 102 Å². The van der Waals surface area contributed by atoms with E-state index in [-0.39, 0.29) is 5.97 Å². The molecule has 1 heterocycles. The van der Waals surface area contributed by atoms with Crippen molar-refractivity contribution in [2.45, 2.75) is 19.3 Å². The number of rotatable bonds is 3. The van der Waals surface area contributed by atoms with Crippen molar-refractivity contribution in [3.05, 3.63) is 35.4 Å². The molecule has 17 heavy (non-hydrogen) atoms. The molecule has 1 fully saturated rings. The van der Waals surface area contributed by atoms with Crippen LogP contribution in [0.25, 0.3) is 0 Å². The molecule has 0 spiro atoms. The number of nitrogens with one attached hydrogen (secondary N) is 1. The first-order valence-electron chi connectivity index (χ1n) is 6.17. The monoisotopic (exact) mass is 233 g/mol. The Hall–Kier alpha value is -1.35. The molecule has 1 aliphatic rings. The van der Waals surface area contributed by atoms with Crippen LogP contribution < -0.4 is 5.32 Å². The van der Waals surface area contributed by atoms with Gasteiger partial charge in [-0.2, -0.15) is 0 Å². The fourth-order valence-corrected chi connectivity index (χ4v) is 2.36. The van der Waals surface area contributed by atoms with E-state index in [1.54, 1.807) is 6.07 Å². The van der Waals surface area contributed by atoms with Gasteiger partial charge in [-0.15, -0.1) is 0 Å². The van der Waals surface area contributed by atoms with E-state index in [0.717, 1.165) is 25.4 Å². The average molecular weight is 233 g/mol. The second-order valence-electron chi connectivity index (χ2n) is 4.59. The molecule has 3 heteroatoms. The van der Waals surface area contributed by atoms with Crippen LogP contribution in [0.1, 0.15) is 28.8 Å². The van der Waals surface area contributed by atoms with Crippen LogP contribution in [0.15, 0.2) is 24.3 Å². The van der Waals surface area contributed by atoms with Crippen LogP contribution in [0, 0.1) is 5.92 Å². The fourth-order valence-electron chi connectivity index (χ4n) is 2.36. The molecule has 1 aliphatic heterocycles. The van der Waals surface area contributed by atoms with E-state index < -0.39 is 0 Å². The van der Waals surface area contributed by atoms with E-state index >= 15 is 0 Å². The molecule has 0 radical (unpaired) electrons. The summed E-state index contributed by atoms with van der Waals surface area (Å²) in [6, 6.07) is 7.78. The van der Waals surface area contributed by atoms with Gasteiger partial charge in [0.15, 0.2) is 0 Å². The van der Waals surface area contributed by atoms with E-state index in [9.17, 15) is 4.79 Å². The molecule has 0 unspecified atom stereocenters. The molecule has 0 bridgehead atoms. The summed E-state index contributed by atoms with van der Waals surface area (Å²) in [5, 5.41) is 3.37. The molecule has 0 atom stereocenters. The minimum atomic E-state index is -0.253. The van der Waals surface area contributed by atoms with Gasteiger partial charge in [-0.05, 0) is 56.0 Å². The molecule has 0 aliphatic carbocycles. The van der Waals surface area contributed by atoms with Crippen molar-refractivity contribution in [3.8, 4) is 0 Å². The number of ether oxygens (including phenoxy) is 1. The highest BCUT2D eigenvalue weighted by atomic mass is 16.5. The Balaban J connectivity index is 2.02. The predicted octanol–water partition coefficient (Wildman–Crippen LogP) is 2.02. The maximum atomic E-state index is 11.4. The molecular formula is C14H19NO2. The third-order valence-corrected chi connectivity index (χ3v) is 3.33. The summed E-state index contributed by atoms with van der Waals surface area (Å²) in [5.74, 6) is 0.487. The van der Waals surface area contributed by atoms with Gasteiger partial charge in [-0.25, -0.2) is 4.79 Å². The second kappa shape index (κ2) is 5.82. The highest BCUT2D eigenvalue weighted by Gasteiger charge is 2.14. The number of carbonyl (C=O) groups excluding carboxylic acids is 1. The maximum absolute atomic E-state index is 11.4. The topological polar surface area (TPSA) is 38.3 Å². The van der Waals surface area contributed by atoms with Crippen LogP contribution in [0.3, 0.4) is 0 Å². The van der Waals surface area contributed by atoms with Crippen LogP contribution in [0.5, 0.6) is 0 Å². The highest BCUT2D eigenvalue weighted by Crippen LogP contribution is 2.18. The Morgan fingerprint density at radius 2 is 2.18 bits per heavy atom. The smallest absolute Gasteiger partial charge is 0.337 e. The van der Waals surface area contributed by atoms with Crippen LogP contribution in [-0.4, -0.2) is 26.2 Å². The molecule has 0 amide bonds. The summed E-state index contributed by atoms with van der Waals surface area (Å²) >= 11 is 0. The molecule has 1 aromatic carbocycles. The second-order valence-corrected chi connectivity index (χ2v) is 4.59. The zero-order valence-corrected chi connectivity index (χ0v) is 10.2. The first-order chi connectivity index (χ1) is 8.29. The van der Waals surface area contributed by atoms with Gasteiger partial charge < -0.3 is 10.1 Å². The summed E-state index contributed by atoms with van der Waals surface area (Å²) in [4.78, 5) is 11.4. The van der Waals surface area contributed by atoms with E-state index in [1.165, 1.54) is 25.5 Å². The Kier molecular flexibility index (Phi) is 4.15. The predicted molar refractivity (Wildman–Crippen MR) is 67.1 cm³/mol. The van der Waals surface area contributed by atoms with Crippen LogP contribution in [0.2, 0.25) is 0 Å². The Bertz CT molecular complexity index is 384. The normalized spacial score (nSPS) is 16.8. The lowest BCUT2D eigenvalue weighted by Crippen LogP contribution is -2.28. The Morgan fingerprint density at radius 3 is 2.88 bits per heavy atom. The lowest BCUT2D eigenvalue weighted by molar-refractivity contribution is 0.0600. The molecule has 3 nitrogen and oxygen atoms in total. The zero-order chi connectivity index (χ0) is 12.1. The number of methoxy groups -OCH3 is 1. The number of benzene rings is 1. The molecule has 1 saturated heterocycles. The molecule has 1 N–H and O–H groups in total. The highest BCUT2D eigenvalue weighted by molar-refractivity contribution is 5.89. The molecular weight excluding hydrogens is 214 g/mol. The minimum absolute atomic E-state index is 0.253. The van der Waals surface area contributed by atoms with E-state index in [4.69, 9.17) is 4.74 Å². The minimum Gasteiger partial charge on any atom is -0.465 e. The maximum Gasteiger partial charge on any atom is 0.337 e. The number of piperidine rings is 1. The van der Waals surface area contributed by atoms with Crippen molar-refractivity contribution in [2.75, 3.05) is 20.2 Å². The zero-order valence-electron chi connectivity index (χ0n) is 10.2. The summed E-state index contributed by atoms with van der Waals surface area (Å²) in [5.41, 5.74) is 1.89. The van der Waals surface area contributed by atoms with Crippen molar-refractivity contribution in [3.63, 3.8) is 0 Å². The third-order valence-electron chi connectivity index (χ3n) is 3.33. The number of esters is 1. The van der Waals surface area contributed by atoms with Gasteiger partial charge in [0.05, 0.1) is 12.7 Å². The van der Waals surface area contributed by atoms with Gasteiger partial charge in [-0.3, -0.25) is 0 Å². The van der Waals surface area contributed by atoms with Crippen LogP contribution >= 0.6 is 0 Å². The number of hydrogen-bond acceptors (Lipinski definition) is 3. The summed E-state index contributed by atoms with van der Waals surface area (Å²) in [7, 11) is 1.42. The van der Waals surface area contributed by atoms with Gasteiger partial charge in [0.25, 0.3) is 0 Å². The standard InChI is InChI=1S/C14H19NO2/c1-17-14(16)13-4-2-3-12(10-13)9-11-5-7-15-8-6-11/h2-4,10-11,15H,5-9H2,1H3. The van der Waals surface area contributed by atoms with E-state index in [1.807, 2.05) is 12.1 Å². The number of hydrogen-bond donors (Lipinski definition) is 1. The molecule has 2 rings (SSSR count). The lowest BCUT2D eigenvalue weighted by Gasteiger charge is -2.22. The molecule has 92 valence electrons. The molecule has 1 aromatic rings. The van der Waals surface area contributed by atoms with Gasteiger partial charge in [0.2, 0.25) is 0 Å². The lowest BCUT2D eigenvalue weighted by atomic mass is 9.90. The van der Waals surface area contributed by atoms with Crippen LogP contribution in [-0.2, 0) is 11.2 Å². The summed E-state index contributed by atoms with van der Waals surface area (Å²) < 4.78 is 4.73. The van der Waals surface area contributed by atoms with Crippen molar-refractivity contribution in [1.82, 2.24) is 5.32 Å². The fraction of sp³-hybridized carbons (Fsp3) is 0.500. The van der Waals surface area contributed by atoms with Crippen molar-refractivity contribution >= 4 is 5.97 Å². The average Bonchev–Trinajstić information content (AvgIpc) is 2.39. The van der Waals surface area contributed by atoms with E-state index in [0.29, 0.717) is 5.56 Å². The van der Waals surface area contributed by atoms with Crippen molar-refractivity contribution in [2.24, 2.45) is 5.92 Å². The number of carbonyl (C=O) groups is 1. The van der Waals surface area contributed by atoms with Crippen molar-refractivity contribution in [1.29, 1.82) is 0 Å². The molecule has 0 saturated carbocycles. The van der Waals surface area contributed by atoms with E-state index in [2.05, 4.69) is 11.4 Å². The van der Waals surface area contributed by atoms with Crippen molar-refractivity contribution < 1.29 is 9.53 Å². The molecule has 0 aromatic heterocycles. The largest absolute Gasteiger partial charge is 0.465 e. The quantitative estimate of drug-likeness (QED) is 0.812. The first-order valence-corrected chi connectivity index (χ1v) is 6.17. The van der Waals surface area contributed by atoms with Gasteiger partial charge in [0.1, 0.15) is 0 Å². The summed E-state index contributed by atoms with van der Waals surface area (Å²) in [6.07, 6.45) is 3.51. The van der Waals surface area contributed by atoms with Gasteiger partial charge in [-0.1, -0.05) is 12.1 Å².